The molecule has 3 rings (SSSR count). The highest BCUT2D eigenvalue weighted by Crippen LogP contribution is 2.41. The SMILES string of the molecule is COC(=O)C(C)(C)O[N]c1c(-c2ccccc2)cc(-c2ccccc2)cc1C(C)(C)C. The summed E-state index contributed by atoms with van der Waals surface area (Å²) >= 11 is 0. The van der Waals surface area contributed by atoms with E-state index in [4.69, 9.17) is 9.57 Å². The summed E-state index contributed by atoms with van der Waals surface area (Å²) in [5.74, 6) is -0.476. The molecule has 161 valence electrons. The van der Waals surface area contributed by atoms with Gasteiger partial charge in [-0.2, -0.15) is 0 Å². The average Bonchev–Trinajstić information content (AvgIpc) is 2.77. The van der Waals surface area contributed by atoms with Crippen molar-refractivity contribution >= 4 is 11.7 Å². The van der Waals surface area contributed by atoms with Crippen LogP contribution in [-0.4, -0.2) is 18.7 Å². The molecule has 0 aliphatic carbocycles. The van der Waals surface area contributed by atoms with Crippen LogP contribution in [0.15, 0.2) is 72.8 Å². The van der Waals surface area contributed by atoms with Crippen LogP contribution in [0.4, 0.5) is 5.69 Å². The van der Waals surface area contributed by atoms with Gasteiger partial charge in [-0.1, -0.05) is 81.4 Å². The summed E-state index contributed by atoms with van der Waals surface area (Å²) in [6.07, 6.45) is 0. The van der Waals surface area contributed by atoms with Gasteiger partial charge in [0, 0.05) is 5.56 Å². The summed E-state index contributed by atoms with van der Waals surface area (Å²) < 4.78 is 4.87. The van der Waals surface area contributed by atoms with Gasteiger partial charge in [-0.05, 0) is 53.6 Å². The minimum atomic E-state index is -1.20. The summed E-state index contributed by atoms with van der Waals surface area (Å²) in [6.45, 7) is 9.75. The molecule has 3 aromatic rings. The van der Waals surface area contributed by atoms with Crippen molar-refractivity contribution < 1.29 is 14.4 Å². The molecule has 4 nitrogen and oxygen atoms in total. The Morgan fingerprint density at radius 1 is 0.774 bits per heavy atom. The van der Waals surface area contributed by atoms with Crippen LogP contribution < -0.4 is 5.48 Å². The van der Waals surface area contributed by atoms with E-state index in [9.17, 15) is 4.79 Å². The molecule has 0 saturated carbocycles. The second kappa shape index (κ2) is 8.94. The van der Waals surface area contributed by atoms with Gasteiger partial charge in [0.2, 0.25) is 0 Å². The fourth-order valence-corrected chi connectivity index (χ4v) is 3.38. The zero-order valence-corrected chi connectivity index (χ0v) is 19.1. The van der Waals surface area contributed by atoms with Gasteiger partial charge in [-0.3, -0.25) is 0 Å². The van der Waals surface area contributed by atoms with E-state index in [-0.39, 0.29) is 5.41 Å². The van der Waals surface area contributed by atoms with E-state index in [2.05, 4.69) is 62.6 Å². The lowest BCUT2D eigenvalue weighted by Gasteiger charge is -2.28. The maximum atomic E-state index is 12.1. The topological polar surface area (TPSA) is 49.6 Å². The number of methoxy groups -OCH3 is 1. The van der Waals surface area contributed by atoms with Crippen molar-refractivity contribution in [3.8, 4) is 22.3 Å². The highest BCUT2D eigenvalue weighted by Gasteiger charge is 2.33. The van der Waals surface area contributed by atoms with Crippen molar-refractivity contribution in [2.45, 2.75) is 45.6 Å². The average molecular weight is 417 g/mol. The molecule has 0 aliphatic rings. The lowest BCUT2D eigenvalue weighted by molar-refractivity contribution is -0.171. The first kappa shape index (κ1) is 22.6. The van der Waals surface area contributed by atoms with Crippen LogP contribution in [0.2, 0.25) is 0 Å². The lowest BCUT2D eigenvalue weighted by Crippen LogP contribution is -2.38. The molecule has 0 aromatic heterocycles. The number of carbonyl (C=O) groups is 1. The second-order valence-corrected chi connectivity index (χ2v) is 9.09. The Morgan fingerprint density at radius 3 is 1.84 bits per heavy atom. The minimum absolute atomic E-state index is 0.202. The maximum Gasteiger partial charge on any atom is 0.340 e. The molecular weight excluding hydrogens is 386 g/mol. The first-order valence-corrected chi connectivity index (χ1v) is 10.4. The van der Waals surface area contributed by atoms with E-state index in [1.165, 1.54) is 7.11 Å². The van der Waals surface area contributed by atoms with Crippen LogP contribution in [-0.2, 0) is 19.8 Å². The molecule has 0 heterocycles. The number of hydrogen-bond acceptors (Lipinski definition) is 3. The summed E-state index contributed by atoms with van der Waals surface area (Å²) in [7, 11) is 1.35. The zero-order chi connectivity index (χ0) is 22.6. The minimum Gasteiger partial charge on any atom is -0.467 e. The molecule has 0 fully saturated rings. The molecule has 0 saturated heterocycles. The first-order valence-electron chi connectivity index (χ1n) is 10.4. The highest BCUT2D eigenvalue weighted by molar-refractivity contribution is 5.84. The monoisotopic (exact) mass is 416 g/mol. The van der Waals surface area contributed by atoms with Crippen LogP contribution in [0.25, 0.3) is 22.3 Å². The molecule has 31 heavy (non-hydrogen) atoms. The van der Waals surface area contributed by atoms with Crippen molar-refractivity contribution in [1.82, 2.24) is 5.48 Å². The summed E-state index contributed by atoms with van der Waals surface area (Å²) in [5.41, 5.74) is 9.10. The number of rotatable bonds is 6. The smallest absolute Gasteiger partial charge is 0.340 e. The van der Waals surface area contributed by atoms with Crippen LogP contribution in [0.3, 0.4) is 0 Å². The Morgan fingerprint density at radius 2 is 1.32 bits per heavy atom. The fourth-order valence-electron chi connectivity index (χ4n) is 3.38. The van der Waals surface area contributed by atoms with Crippen molar-refractivity contribution in [3.05, 3.63) is 78.4 Å². The van der Waals surface area contributed by atoms with Crippen molar-refractivity contribution in [2.75, 3.05) is 7.11 Å². The van der Waals surface area contributed by atoms with Crippen LogP contribution >= 0.6 is 0 Å². The molecule has 3 aromatic carbocycles. The third-order valence-electron chi connectivity index (χ3n) is 5.15. The van der Waals surface area contributed by atoms with Gasteiger partial charge < -0.3 is 4.74 Å². The molecule has 0 spiro atoms. The summed E-state index contributed by atoms with van der Waals surface area (Å²) in [4.78, 5) is 17.9. The lowest BCUT2D eigenvalue weighted by atomic mass is 9.81. The summed E-state index contributed by atoms with van der Waals surface area (Å²) in [5, 5.41) is 0. The Bertz CT molecular complexity index is 1040. The first-order chi connectivity index (χ1) is 14.6. The Balaban J connectivity index is 2.20. The maximum absolute atomic E-state index is 12.1. The van der Waals surface area contributed by atoms with Crippen molar-refractivity contribution in [2.24, 2.45) is 0 Å². The zero-order valence-electron chi connectivity index (χ0n) is 19.1. The van der Waals surface area contributed by atoms with Gasteiger partial charge in [0.05, 0.1) is 7.11 Å². The Kier molecular flexibility index (Phi) is 6.51. The number of carbonyl (C=O) groups excluding carboxylic acids is 1. The number of nitrogens with zero attached hydrogens (tertiary/aromatic N) is 1. The van der Waals surface area contributed by atoms with E-state index < -0.39 is 11.6 Å². The van der Waals surface area contributed by atoms with Gasteiger partial charge in [0.15, 0.2) is 5.60 Å². The Labute approximate surface area is 185 Å². The molecule has 1 radical (unpaired) electrons. The number of ether oxygens (including phenoxy) is 1. The largest absolute Gasteiger partial charge is 0.467 e. The Hall–Kier alpha value is -3.11. The van der Waals surface area contributed by atoms with Crippen LogP contribution in [0.5, 0.6) is 0 Å². The third kappa shape index (κ3) is 5.15. The summed E-state index contributed by atoms with van der Waals surface area (Å²) in [6, 6.07) is 24.7. The standard InChI is InChI=1S/C27H30NO3/c1-26(2,3)23-18-21(19-13-9-7-10-14-19)17-22(20-15-11-8-12-16-20)24(23)28-31-27(4,5)25(29)30-6/h7-18H,1-6H3. The van der Waals surface area contributed by atoms with Gasteiger partial charge >= 0.3 is 5.97 Å². The fraction of sp³-hybridized carbons (Fsp3) is 0.296. The van der Waals surface area contributed by atoms with Crippen LogP contribution in [0.1, 0.15) is 40.2 Å². The van der Waals surface area contributed by atoms with E-state index >= 15 is 0 Å². The quantitative estimate of drug-likeness (QED) is 0.343. The molecule has 4 heteroatoms. The highest BCUT2D eigenvalue weighted by atomic mass is 16.7. The van der Waals surface area contributed by atoms with Gasteiger partial charge in [-0.15, -0.1) is 5.48 Å². The normalized spacial score (nSPS) is 11.8. The third-order valence-corrected chi connectivity index (χ3v) is 5.15. The number of esters is 1. The van der Waals surface area contributed by atoms with Crippen molar-refractivity contribution in [1.29, 1.82) is 0 Å². The number of benzene rings is 3. The van der Waals surface area contributed by atoms with Gasteiger partial charge in [-0.25, -0.2) is 9.63 Å². The van der Waals surface area contributed by atoms with Crippen LogP contribution in [0, 0.1) is 0 Å². The molecular formula is C27H30NO3. The molecule has 0 N–H and O–H groups in total. The van der Waals surface area contributed by atoms with Crippen molar-refractivity contribution in [3.63, 3.8) is 0 Å². The number of hydrogen-bond donors (Lipinski definition) is 0. The van der Waals surface area contributed by atoms with E-state index in [1.54, 1.807) is 13.8 Å². The second-order valence-electron chi connectivity index (χ2n) is 9.09. The van der Waals surface area contributed by atoms with Gasteiger partial charge in [0.25, 0.3) is 0 Å². The molecule has 0 amide bonds. The molecule has 0 unspecified atom stereocenters. The van der Waals surface area contributed by atoms with E-state index in [0.29, 0.717) is 0 Å². The predicted octanol–water partition coefficient (Wildman–Crippen LogP) is 6.44. The molecule has 0 aliphatic heterocycles. The van der Waals surface area contributed by atoms with E-state index in [0.717, 1.165) is 33.5 Å². The molecule has 0 atom stereocenters. The molecule has 0 bridgehead atoms. The predicted molar refractivity (Wildman–Crippen MR) is 125 cm³/mol. The van der Waals surface area contributed by atoms with Gasteiger partial charge in [0.1, 0.15) is 5.69 Å². The van der Waals surface area contributed by atoms with E-state index in [1.807, 2.05) is 36.4 Å².